The highest BCUT2D eigenvalue weighted by atomic mass is 79.9. The Morgan fingerprint density at radius 2 is 2.29 bits per heavy atom. The summed E-state index contributed by atoms with van der Waals surface area (Å²) in [6.07, 6.45) is 0. The Bertz CT molecular complexity index is 591. The summed E-state index contributed by atoms with van der Waals surface area (Å²) in [7, 11) is 1.57. The first-order valence-corrected chi connectivity index (χ1v) is 6.05. The van der Waals surface area contributed by atoms with E-state index in [1.807, 2.05) is 0 Å². The number of aromatic nitrogens is 2. The number of nitrogens with one attached hydrogen (secondary N) is 1. The predicted molar refractivity (Wildman–Crippen MR) is 69.8 cm³/mol. The molecule has 17 heavy (non-hydrogen) atoms. The van der Waals surface area contributed by atoms with E-state index in [1.54, 1.807) is 31.4 Å². The third-order valence-corrected chi connectivity index (χ3v) is 3.31. The Kier molecular flexibility index (Phi) is 3.71. The Morgan fingerprint density at radius 3 is 2.94 bits per heavy atom. The van der Waals surface area contributed by atoms with Crippen molar-refractivity contribution in [2.45, 2.75) is 6.61 Å². The largest absolute Gasteiger partial charge is 0.378 e. The smallest absolute Gasteiger partial charge is 0.285 e. The molecule has 0 bridgehead atoms. The van der Waals surface area contributed by atoms with E-state index in [0.717, 1.165) is 0 Å². The van der Waals surface area contributed by atoms with E-state index >= 15 is 0 Å². The lowest BCUT2D eigenvalue weighted by Crippen LogP contribution is -2.14. The average molecular weight is 318 g/mol. The average Bonchev–Trinajstić information content (AvgIpc) is 2.58. The van der Waals surface area contributed by atoms with Gasteiger partial charge in [-0.25, -0.2) is 4.68 Å². The van der Waals surface area contributed by atoms with E-state index in [4.69, 9.17) is 16.3 Å². The van der Waals surface area contributed by atoms with Gasteiger partial charge in [0, 0.05) is 12.1 Å². The van der Waals surface area contributed by atoms with Gasteiger partial charge in [-0.15, -0.1) is 0 Å². The normalized spacial score (nSPS) is 10.8. The molecule has 0 saturated carbocycles. The van der Waals surface area contributed by atoms with Crippen molar-refractivity contribution >= 4 is 27.5 Å². The molecule has 0 amide bonds. The van der Waals surface area contributed by atoms with E-state index < -0.39 is 0 Å². The van der Waals surface area contributed by atoms with Crippen LogP contribution >= 0.6 is 27.5 Å². The van der Waals surface area contributed by atoms with Gasteiger partial charge in [0.2, 0.25) is 0 Å². The summed E-state index contributed by atoms with van der Waals surface area (Å²) in [6.45, 7) is 0.337. The Labute approximate surface area is 111 Å². The van der Waals surface area contributed by atoms with Crippen LogP contribution in [0.25, 0.3) is 5.69 Å². The standard InChI is InChI=1S/C11H10BrClN2O2/c1-17-6-9-10(12)11(16)15(14-9)8-4-2-3-7(13)5-8/h2-5,14H,6H2,1H3. The van der Waals surface area contributed by atoms with Crippen molar-refractivity contribution in [3.63, 3.8) is 0 Å². The van der Waals surface area contributed by atoms with Gasteiger partial charge < -0.3 is 4.74 Å². The van der Waals surface area contributed by atoms with Crippen LogP contribution in [-0.4, -0.2) is 16.9 Å². The van der Waals surface area contributed by atoms with Gasteiger partial charge in [-0.1, -0.05) is 17.7 Å². The number of methoxy groups -OCH3 is 1. The molecule has 1 heterocycles. The second-order valence-electron chi connectivity index (χ2n) is 3.46. The molecule has 0 atom stereocenters. The molecule has 1 aromatic carbocycles. The zero-order valence-corrected chi connectivity index (χ0v) is 11.4. The monoisotopic (exact) mass is 316 g/mol. The molecule has 1 N–H and O–H groups in total. The van der Waals surface area contributed by atoms with Crippen LogP contribution in [0.15, 0.2) is 33.5 Å². The van der Waals surface area contributed by atoms with Gasteiger partial charge in [-0.3, -0.25) is 9.89 Å². The maximum absolute atomic E-state index is 12.0. The first-order valence-electron chi connectivity index (χ1n) is 4.87. The molecule has 2 rings (SSSR count). The van der Waals surface area contributed by atoms with Crippen molar-refractivity contribution in [3.05, 3.63) is 49.8 Å². The number of aromatic amines is 1. The number of benzene rings is 1. The highest BCUT2D eigenvalue weighted by molar-refractivity contribution is 9.10. The summed E-state index contributed by atoms with van der Waals surface area (Å²) in [4.78, 5) is 12.0. The number of hydrogen-bond donors (Lipinski definition) is 1. The fourth-order valence-corrected chi connectivity index (χ4v) is 2.06. The number of ether oxygens (including phenoxy) is 1. The fourth-order valence-electron chi connectivity index (χ4n) is 1.50. The zero-order chi connectivity index (χ0) is 12.4. The number of H-pyrrole nitrogens is 1. The maximum Gasteiger partial charge on any atom is 0.285 e. The molecule has 90 valence electrons. The quantitative estimate of drug-likeness (QED) is 0.946. The molecule has 1 aromatic heterocycles. The van der Waals surface area contributed by atoms with Crippen molar-refractivity contribution in [2.75, 3.05) is 7.11 Å². The van der Waals surface area contributed by atoms with E-state index in [1.165, 1.54) is 4.68 Å². The number of nitrogens with zero attached hydrogens (tertiary/aromatic N) is 1. The molecule has 0 unspecified atom stereocenters. The molecule has 6 heteroatoms. The molecule has 0 spiro atoms. The van der Waals surface area contributed by atoms with E-state index in [9.17, 15) is 4.79 Å². The molecule has 2 aromatic rings. The lowest BCUT2D eigenvalue weighted by molar-refractivity contribution is 0.180. The Balaban J connectivity index is 2.53. The fraction of sp³-hybridized carbons (Fsp3) is 0.182. The van der Waals surface area contributed by atoms with Crippen molar-refractivity contribution < 1.29 is 4.74 Å². The summed E-state index contributed by atoms with van der Waals surface area (Å²) >= 11 is 9.13. The van der Waals surface area contributed by atoms with Gasteiger partial charge in [0.15, 0.2) is 0 Å². The summed E-state index contributed by atoms with van der Waals surface area (Å²) in [5.41, 5.74) is 1.21. The zero-order valence-electron chi connectivity index (χ0n) is 9.04. The highest BCUT2D eigenvalue weighted by Crippen LogP contribution is 2.16. The number of rotatable bonds is 3. The third-order valence-electron chi connectivity index (χ3n) is 2.26. The van der Waals surface area contributed by atoms with E-state index in [2.05, 4.69) is 21.0 Å². The van der Waals surface area contributed by atoms with Crippen molar-refractivity contribution in [2.24, 2.45) is 0 Å². The molecule has 4 nitrogen and oxygen atoms in total. The molecule has 0 saturated heterocycles. The molecular weight excluding hydrogens is 307 g/mol. The van der Waals surface area contributed by atoms with Crippen LogP contribution < -0.4 is 5.56 Å². The maximum atomic E-state index is 12.0. The van der Waals surface area contributed by atoms with Gasteiger partial charge in [-0.05, 0) is 34.1 Å². The van der Waals surface area contributed by atoms with Crippen LogP contribution in [0.3, 0.4) is 0 Å². The topological polar surface area (TPSA) is 47.0 Å². The van der Waals surface area contributed by atoms with Gasteiger partial charge in [-0.2, -0.15) is 0 Å². The first kappa shape index (κ1) is 12.4. The summed E-state index contributed by atoms with van der Waals surface area (Å²) in [6, 6.07) is 7.05. The molecular formula is C11H10BrClN2O2. The van der Waals surface area contributed by atoms with Crippen LogP contribution in [0.1, 0.15) is 5.69 Å². The van der Waals surface area contributed by atoms with Crippen molar-refractivity contribution in [1.29, 1.82) is 0 Å². The number of hydrogen-bond acceptors (Lipinski definition) is 2. The van der Waals surface area contributed by atoms with Crippen molar-refractivity contribution in [3.8, 4) is 5.69 Å². The minimum Gasteiger partial charge on any atom is -0.378 e. The van der Waals surface area contributed by atoms with Gasteiger partial charge in [0.25, 0.3) is 5.56 Å². The minimum absolute atomic E-state index is 0.167. The Hall–Kier alpha value is -1.04. The summed E-state index contributed by atoms with van der Waals surface area (Å²) in [5, 5.41) is 3.55. The molecule has 0 fully saturated rings. The summed E-state index contributed by atoms with van der Waals surface area (Å²) in [5.74, 6) is 0. The van der Waals surface area contributed by atoms with Gasteiger partial charge in [0.05, 0.1) is 18.0 Å². The Morgan fingerprint density at radius 1 is 1.53 bits per heavy atom. The molecule has 0 radical (unpaired) electrons. The lowest BCUT2D eigenvalue weighted by atomic mass is 10.3. The molecule has 0 aliphatic rings. The van der Waals surface area contributed by atoms with Crippen LogP contribution in [0.4, 0.5) is 0 Å². The van der Waals surface area contributed by atoms with E-state index in [-0.39, 0.29) is 5.56 Å². The third kappa shape index (κ3) is 2.46. The first-order chi connectivity index (χ1) is 8.13. The molecule has 0 aliphatic heterocycles. The van der Waals surface area contributed by atoms with Crippen LogP contribution in [0.2, 0.25) is 5.02 Å². The minimum atomic E-state index is -0.167. The SMILES string of the molecule is COCc1[nH]n(-c2cccc(Cl)c2)c(=O)c1Br. The van der Waals surface area contributed by atoms with Gasteiger partial charge >= 0.3 is 0 Å². The predicted octanol–water partition coefficient (Wildman–Crippen LogP) is 2.73. The van der Waals surface area contributed by atoms with Crippen LogP contribution in [0.5, 0.6) is 0 Å². The van der Waals surface area contributed by atoms with Crippen LogP contribution in [-0.2, 0) is 11.3 Å². The van der Waals surface area contributed by atoms with E-state index in [0.29, 0.717) is 27.5 Å². The number of halogens is 2. The second-order valence-corrected chi connectivity index (χ2v) is 4.69. The van der Waals surface area contributed by atoms with Crippen molar-refractivity contribution in [1.82, 2.24) is 9.78 Å². The highest BCUT2D eigenvalue weighted by Gasteiger charge is 2.12. The lowest BCUT2D eigenvalue weighted by Gasteiger charge is -2.01. The van der Waals surface area contributed by atoms with Gasteiger partial charge in [0.1, 0.15) is 4.47 Å². The molecule has 0 aliphatic carbocycles. The summed E-state index contributed by atoms with van der Waals surface area (Å²) < 4.78 is 6.89. The second kappa shape index (κ2) is 5.08. The van der Waals surface area contributed by atoms with Crippen LogP contribution in [0, 0.1) is 0 Å².